The number of aromatic amines is 1. The molecule has 0 spiro atoms. The Bertz CT molecular complexity index is 391. The highest BCUT2D eigenvalue weighted by Gasteiger charge is 2.19. The molecule has 2 atom stereocenters. The van der Waals surface area contributed by atoms with Gasteiger partial charge >= 0.3 is 0 Å². The maximum atomic E-state index is 5.96. The minimum absolute atomic E-state index is 0.192. The lowest BCUT2D eigenvalue weighted by atomic mass is 10.0. The van der Waals surface area contributed by atoms with Crippen molar-refractivity contribution in [3.05, 3.63) is 12.4 Å². The average Bonchev–Trinajstić information content (AvgIpc) is 2.85. The van der Waals surface area contributed by atoms with E-state index >= 15 is 0 Å². The van der Waals surface area contributed by atoms with Crippen LogP contribution in [0.5, 0.6) is 11.5 Å². The van der Waals surface area contributed by atoms with E-state index in [9.17, 15) is 0 Å². The van der Waals surface area contributed by atoms with Gasteiger partial charge in [-0.25, -0.2) is 0 Å². The molecule has 21 heavy (non-hydrogen) atoms. The highest BCUT2D eigenvalue weighted by atomic mass is 16.5. The number of hydrogen-bond donors (Lipinski definition) is 1. The maximum absolute atomic E-state index is 5.96. The molecule has 1 aromatic heterocycles. The van der Waals surface area contributed by atoms with E-state index in [0.29, 0.717) is 12.5 Å². The molecule has 4 nitrogen and oxygen atoms in total. The summed E-state index contributed by atoms with van der Waals surface area (Å²) < 4.78 is 17.5. The minimum atomic E-state index is 0.192. The Balaban J connectivity index is 1.64. The normalized spacial score (nSPS) is 19.2. The zero-order valence-electron chi connectivity index (χ0n) is 13.4. The zero-order valence-corrected chi connectivity index (χ0v) is 13.4. The quantitative estimate of drug-likeness (QED) is 0.695. The minimum Gasteiger partial charge on any atom is -0.488 e. The first kappa shape index (κ1) is 16.2. The molecule has 2 rings (SSSR count). The molecular weight excluding hydrogens is 266 g/mol. The van der Waals surface area contributed by atoms with Crippen LogP contribution < -0.4 is 9.47 Å². The Morgan fingerprint density at radius 1 is 1.33 bits per heavy atom. The standard InChI is InChI=1S/C17H29NO3/c1-3-5-6-14(4-2)13-19-9-7-15-8-10-20-16-11-18-12-17(16)21-15/h11-12,14-15,18H,3-10,13H2,1-2H3. The number of nitrogens with one attached hydrogen (secondary N) is 1. The fourth-order valence-electron chi connectivity index (χ4n) is 2.65. The molecule has 0 fully saturated rings. The predicted molar refractivity (Wildman–Crippen MR) is 84.1 cm³/mol. The van der Waals surface area contributed by atoms with Crippen LogP contribution in [0.3, 0.4) is 0 Å². The van der Waals surface area contributed by atoms with E-state index in [-0.39, 0.29) is 6.10 Å². The van der Waals surface area contributed by atoms with Gasteiger partial charge in [-0.3, -0.25) is 0 Å². The SMILES string of the molecule is CCCCC(CC)COCCC1CCOc2c[nH]cc2O1. The van der Waals surface area contributed by atoms with Gasteiger partial charge in [0, 0.05) is 31.8 Å². The molecule has 0 aromatic carbocycles. The summed E-state index contributed by atoms with van der Waals surface area (Å²) in [6.45, 7) is 6.86. The van der Waals surface area contributed by atoms with Crippen molar-refractivity contribution in [1.82, 2.24) is 4.98 Å². The van der Waals surface area contributed by atoms with Crippen molar-refractivity contribution in [2.75, 3.05) is 19.8 Å². The van der Waals surface area contributed by atoms with Crippen molar-refractivity contribution in [3.8, 4) is 11.5 Å². The predicted octanol–water partition coefficient (Wildman–Crippen LogP) is 4.17. The van der Waals surface area contributed by atoms with Gasteiger partial charge in [-0.1, -0.05) is 33.1 Å². The molecule has 1 N–H and O–H groups in total. The number of rotatable bonds is 9. The fourth-order valence-corrected chi connectivity index (χ4v) is 2.65. The highest BCUT2D eigenvalue weighted by molar-refractivity contribution is 5.37. The Labute approximate surface area is 128 Å². The molecule has 1 aromatic rings. The lowest BCUT2D eigenvalue weighted by molar-refractivity contribution is 0.0646. The van der Waals surface area contributed by atoms with E-state index in [0.717, 1.165) is 37.6 Å². The van der Waals surface area contributed by atoms with Crippen molar-refractivity contribution in [3.63, 3.8) is 0 Å². The lowest BCUT2D eigenvalue weighted by Crippen LogP contribution is -2.20. The van der Waals surface area contributed by atoms with Crippen LogP contribution in [0.2, 0.25) is 0 Å². The van der Waals surface area contributed by atoms with Crippen molar-refractivity contribution >= 4 is 0 Å². The molecule has 0 radical (unpaired) electrons. The third-order valence-corrected chi connectivity index (χ3v) is 4.14. The third kappa shape index (κ3) is 5.27. The van der Waals surface area contributed by atoms with Crippen molar-refractivity contribution in [2.45, 2.75) is 58.5 Å². The highest BCUT2D eigenvalue weighted by Crippen LogP contribution is 2.31. The van der Waals surface area contributed by atoms with Crippen molar-refractivity contribution in [2.24, 2.45) is 5.92 Å². The molecule has 0 bridgehead atoms. The Hall–Kier alpha value is -1.16. The molecule has 1 aliphatic heterocycles. The molecule has 0 amide bonds. The Kier molecular flexibility index (Phi) is 6.93. The van der Waals surface area contributed by atoms with Gasteiger partial charge in [-0.15, -0.1) is 0 Å². The van der Waals surface area contributed by atoms with Crippen LogP contribution in [0, 0.1) is 5.92 Å². The summed E-state index contributed by atoms with van der Waals surface area (Å²) in [5.41, 5.74) is 0. The van der Waals surface area contributed by atoms with Crippen LogP contribution in [0.4, 0.5) is 0 Å². The number of H-pyrrole nitrogens is 1. The van der Waals surface area contributed by atoms with Gasteiger partial charge in [-0.05, 0) is 12.3 Å². The molecule has 0 saturated heterocycles. The van der Waals surface area contributed by atoms with Crippen molar-refractivity contribution in [1.29, 1.82) is 0 Å². The first-order valence-corrected chi connectivity index (χ1v) is 8.37. The topological polar surface area (TPSA) is 43.5 Å². The first-order valence-electron chi connectivity index (χ1n) is 8.37. The molecule has 2 unspecified atom stereocenters. The van der Waals surface area contributed by atoms with Gasteiger partial charge in [0.1, 0.15) is 6.10 Å². The van der Waals surface area contributed by atoms with Gasteiger partial charge < -0.3 is 19.2 Å². The second-order valence-electron chi connectivity index (χ2n) is 5.84. The monoisotopic (exact) mass is 295 g/mol. The van der Waals surface area contributed by atoms with E-state index < -0.39 is 0 Å². The number of unbranched alkanes of at least 4 members (excludes halogenated alkanes) is 1. The number of hydrogen-bond acceptors (Lipinski definition) is 3. The number of aromatic nitrogens is 1. The van der Waals surface area contributed by atoms with Gasteiger partial charge in [0.05, 0.1) is 13.2 Å². The van der Waals surface area contributed by atoms with Crippen LogP contribution in [0.25, 0.3) is 0 Å². The fraction of sp³-hybridized carbons (Fsp3) is 0.765. The van der Waals surface area contributed by atoms with Crippen molar-refractivity contribution < 1.29 is 14.2 Å². The molecule has 1 aliphatic rings. The van der Waals surface area contributed by atoms with Crippen LogP contribution >= 0.6 is 0 Å². The summed E-state index contributed by atoms with van der Waals surface area (Å²) in [5.74, 6) is 2.36. The maximum Gasteiger partial charge on any atom is 0.179 e. The Morgan fingerprint density at radius 3 is 3.00 bits per heavy atom. The molecule has 4 heteroatoms. The molecule has 120 valence electrons. The summed E-state index contributed by atoms with van der Waals surface area (Å²) in [7, 11) is 0. The van der Waals surface area contributed by atoms with E-state index in [1.807, 2.05) is 12.4 Å². The van der Waals surface area contributed by atoms with Crippen LogP contribution in [0.15, 0.2) is 12.4 Å². The summed E-state index contributed by atoms with van der Waals surface area (Å²) in [6.07, 6.45) is 10.8. The zero-order chi connectivity index (χ0) is 14.9. The number of fused-ring (bicyclic) bond motifs is 1. The smallest absolute Gasteiger partial charge is 0.179 e. The molecule has 0 aliphatic carbocycles. The lowest BCUT2D eigenvalue weighted by Gasteiger charge is -2.17. The molecule has 2 heterocycles. The van der Waals surface area contributed by atoms with Gasteiger partial charge in [0.2, 0.25) is 0 Å². The van der Waals surface area contributed by atoms with Gasteiger partial charge in [0.25, 0.3) is 0 Å². The summed E-state index contributed by atoms with van der Waals surface area (Å²) in [5, 5.41) is 0. The van der Waals surface area contributed by atoms with E-state index in [4.69, 9.17) is 14.2 Å². The average molecular weight is 295 g/mol. The largest absolute Gasteiger partial charge is 0.488 e. The second kappa shape index (κ2) is 8.98. The van der Waals surface area contributed by atoms with E-state index in [1.165, 1.54) is 25.7 Å². The summed E-state index contributed by atoms with van der Waals surface area (Å²) in [6, 6.07) is 0. The van der Waals surface area contributed by atoms with E-state index in [2.05, 4.69) is 18.8 Å². The Morgan fingerprint density at radius 2 is 2.19 bits per heavy atom. The van der Waals surface area contributed by atoms with Gasteiger partial charge in [-0.2, -0.15) is 0 Å². The van der Waals surface area contributed by atoms with Crippen LogP contribution in [-0.2, 0) is 4.74 Å². The number of ether oxygens (including phenoxy) is 3. The van der Waals surface area contributed by atoms with Crippen LogP contribution in [-0.4, -0.2) is 30.9 Å². The summed E-state index contributed by atoms with van der Waals surface area (Å²) >= 11 is 0. The molecule has 0 saturated carbocycles. The van der Waals surface area contributed by atoms with E-state index in [1.54, 1.807) is 0 Å². The first-order chi connectivity index (χ1) is 10.3. The van der Waals surface area contributed by atoms with Gasteiger partial charge in [0.15, 0.2) is 11.5 Å². The van der Waals surface area contributed by atoms with Crippen LogP contribution in [0.1, 0.15) is 52.4 Å². The summed E-state index contributed by atoms with van der Waals surface area (Å²) in [4.78, 5) is 3.02. The third-order valence-electron chi connectivity index (χ3n) is 4.14. The molecular formula is C17H29NO3. The second-order valence-corrected chi connectivity index (χ2v) is 5.84.